The highest BCUT2D eigenvalue weighted by molar-refractivity contribution is 7.09. The van der Waals surface area contributed by atoms with Crippen molar-refractivity contribution in [3.8, 4) is 5.69 Å². The molecule has 5 rings (SSSR count). The van der Waals surface area contributed by atoms with Gasteiger partial charge in [0.15, 0.2) is 0 Å². The van der Waals surface area contributed by atoms with E-state index in [1.165, 1.54) is 10.6 Å². The van der Waals surface area contributed by atoms with Gasteiger partial charge >= 0.3 is 6.09 Å². The Morgan fingerprint density at radius 2 is 1.90 bits per heavy atom. The molecule has 0 spiro atoms. The largest absolute Gasteiger partial charge is 0.445 e. The third kappa shape index (κ3) is 6.11. The first-order valence-electron chi connectivity index (χ1n) is 12.5. The van der Waals surface area contributed by atoms with Crippen molar-refractivity contribution in [3.05, 3.63) is 102 Å². The Morgan fingerprint density at radius 1 is 1.10 bits per heavy atom. The number of rotatable bonds is 7. The fraction of sp³-hybridized carbons (Fsp3) is 0.286. The fourth-order valence-electron chi connectivity index (χ4n) is 4.78. The standard InChI is InChI=1S/C28H27Cl2N5O3S/c1-17-16-39-27(32-17)21-14-34(13-20(21)12-31-28(37)38-15-19-7-4-3-5-8-19)24-11-25(36)35(18(2)33-24)23-10-6-9-22(29)26(23)30/h3-11,16,20-21H,12-15H2,1-2H3,(H,31,37)/t20-,21+/m1/s1. The van der Waals surface area contributed by atoms with Crippen molar-refractivity contribution in [2.45, 2.75) is 26.4 Å². The molecule has 2 aromatic carbocycles. The van der Waals surface area contributed by atoms with Crippen molar-refractivity contribution in [2.75, 3.05) is 24.5 Å². The minimum atomic E-state index is -0.471. The minimum absolute atomic E-state index is 0.0479. The van der Waals surface area contributed by atoms with Gasteiger partial charge in [-0.3, -0.25) is 9.36 Å². The average molecular weight is 585 g/mol. The van der Waals surface area contributed by atoms with Gasteiger partial charge in [0, 0.05) is 48.6 Å². The first-order valence-corrected chi connectivity index (χ1v) is 14.1. The predicted octanol–water partition coefficient (Wildman–Crippen LogP) is 5.76. The lowest BCUT2D eigenvalue weighted by molar-refractivity contribution is 0.138. The summed E-state index contributed by atoms with van der Waals surface area (Å²) in [4.78, 5) is 37.2. The molecule has 2 atom stereocenters. The number of nitrogens with one attached hydrogen (secondary N) is 1. The molecule has 0 saturated carbocycles. The second-order valence-corrected chi connectivity index (χ2v) is 11.1. The normalized spacial score (nSPS) is 16.9. The number of benzene rings is 2. The third-order valence-electron chi connectivity index (χ3n) is 6.69. The number of halogens is 2. The van der Waals surface area contributed by atoms with Gasteiger partial charge in [0.1, 0.15) is 18.2 Å². The molecule has 11 heteroatoms. The van der Waals surface area contributed by atoms with Crippen LogP contribution in [0.15, 0.2) is 64.8 Å². The highest BCUT2D eigenvalue weighted by atomic mass is 35.5. The molecule has 202 valence electrons. The van der Waals surface area contributed by atoms with Gasteiger partial charge < -0.3 is 15.0 Å². The van der Waals surface area contributed by atoms with E-state index in [4.69, 9.17) is 37.9 Å². The summed E-state index contributed by atoms with van der Waals surface area (Å²) < 4.78 is 6.85. The maximum Gasteiger partial charge on any atom is 0.407 e. The van der Waals surface area contributed by atoms with E-state index in [9.17, 15) is 9.59 Å². The van der Waals surface area contributed by atoms with Gasteiger partial charge in [-0.05, 0) is 31.5 Å². The third-order valence-corrected chi connectivity index (χ3v) is 8.59. The van der Waals surface area contributed by atoms with Gasteiger partial charge in [-0.2, -0.15) is 0 Å². The molecule has 1 fully saturated rings. The highest BCUT2D eigenvalue weighted by Crippen LogP contribution is 2.36. The summed E-state index contributed by atoms with van der Waals surface area (Å²) in [6.45, 7) is 5.55. The number of anilines is 1. The number of carbonyl (C=O) groups is 1. The Morgan fingerprint density at radius 3 is 2.62 bits per heavy atom. The fourth-order valence-corrected chi connectivity index (χ4v) is 6.14. The second-order valence-electron chi connectivity index (χ2n) is 9.45. The van der Waals surface area contributed by atoms with Crippen LogP contribution >= 0.6 is 34.5 Å². The summed E-state index contributed by atoms with van der Waals surface area (Å²) in [6, 6.07) is 16.2. The van der Waals surface area contributed by atoms with Crippen molar-refractivity contribution in [1.29, 1.82) is 0 Å². The molecule has 0 radical (unpaired) electrons. The van der Waals surface area contributed by atoms with Crippen LogP contribution in [-0.4, -0.2) is 40.3 Å². The average Bonchev–Trinajstić information content (AvgIpc) is 3.55. The van der Waals surface area contributed by atoms with E-state index >= 15 is 0 Å². The molecule has 4 aromatic rings. The molecule has 1 amide bonds. The Kier molecular flexibility index (Phi) is 8.20. The summed E-state index contributed by atoms with van der Waals surface area (Å²) in [6.07, 6.45) is -0.471. The Bertz CT molecular complexity index is 1540. The maximum absolute atomic E-state index is 13.2. The number of aromatic nitrogens is 3. The topological polar surface area (TPSA) is 89.4 Å². The van der Waals surface area contributed by atoms with E-state index in [1.807, 2.05) is 42.6 Å². The van der Waals surface area contributed by atoms with E-state index in [2.05, 4.69) is 10.2 Å². The van der Waals surface area contributed by atoms with Crippen LogP contribution in [0.1, 0.15) is 28.0 Å². The second kappa shape index (κ2) is 11.8. The van der Waals surface area contributed by atoms with Crippen LogP contribution in [-0.2, 0) is 11.3 Å². The van der Waals surface area contributed by atoms with Crippen molar-refractivity contribution >= 4 is 46.4 Å². The molecule has 1 saturated heterocycles. The quantitative estimate of drug-likeness (QED) is 0.297. The van der Waals surface area contributed by atoms with Crippen molar-refractivity contribution < 1.29 is 9.53 Å². The molecule has 2 aromatic heterocycles. The Balaban J connectivity index is 1.34. The number of hydrogen-bond donors (Lipinski definition) is 1. The molecule has 0 unspecified atom stereocenters. The zero-order valence-electron chi connectivity index (χ0n) is 21.4. The number of hydrogen-bond acceptors (Lipinski definition) is 7. The number of aryl methyl sites for hydroxylation is 2. The number of carbonyl (C=O) groups excluding carboxylic acids is 1. The smallest absolute Gasteiger partial charge is 0.407 e. The van der Waals surface area contributed by atoms with Gasteiger partial charge in [0.2, 0.25) is 0 Å². The van der Waals surface area contributed by atoms with E-state index in [-0.39, 0.29) is 24.0 Å². The van der Waals surface area contributed by atoms with Crippen LogP contribution in [0.25, 0.3) is 5.69 Å². The SMILES string of the molecule is Cc1csc([C@H]2CN(c3cc(=O)n(-c4cccc(Cl)c4Cl)c(C)n3)C[C@H]2CNC(=O)OCc2ccccc2)n1. The lowest BCUT2D eigenvalue weighted by Crippen LogP contribution is -2.33. The van der Waals surface area contributed by atoms with E-state index in [1.54, 1.807) is 36.5 Å². The van der Waals surface area contributed by atoms with Crippen LogP contribution in [0.4, 0.5) is 10.6 Å². The molecule has 1 aliphatic rings. The number of alkyl carbamates (subject to hydrolysis) is 1. The summed E-state index contributed by atoms with van der Waals surface area (Å²) in [7, 11) is 0. The van der Waals surface area contributed by atoms with Crippen LogP contribution < -0.4 is 15.8 Å². The molecule has 39 heavy (non-hydrogen) atoms. The minimum Gasteiger partial charge on any atom is -0.445 e. The first kappa shape index (κ1) is 27.2. The molecule has 1 aliphatic heterocycles. The van der Waals surface area contributed by atoms with Gasteiger partial charge in [-0.1, -0.05) is 59.6 Å². The molecule has 3 heterocycles. The molecule has 0 aliphatic carbocycles. The molecular weight excluding hydrogens is 557 g/mol. The van der Waals surface area contributed by atoms with Gasteiger partial charge in [-0.15, -0.1) is 11.3 Å². The van der Waals surface area contributed by atoms with Crippen molar-refractivity contribution in [1.82, 2.24) is 19.9 Å². The van der Waals surface area contributed by atoms with Crippen LogP contribution in [0.5, 0.6) is 0 Å². The molecular formula is C28H27Cl2N5O3S. The first-order chi connectivity index (χ1) is 18.8. The van der Waals surface area contributed by atoms with Gasteiger partial charge in [-0.25, -0.2) is 14.8 Å². The Labute approximate surface area is 240 Å². The van der Waals surface area contributed by atoms with Gasteiger partial charge in [0.25, 0.3) is 5.56 Å². The predicted molar refractivity (Wildman–Crippen MR) is 155 cm³/mol. The van der Waals surface area contributed by atoms with Crippen molar-refractivity contribution in [3.63, 3.8) is 0 Å². The summed E-state index contributed by atoms with van der Waals surface area (Å²) >= 11 is 14.2. The zero-order chi connectivity index (χ0) is 27.5. The molecule has 1 N–H and O–H groups in total. The van der Waals surface area contributed by atoms with Gasteiger partial charge in [0.05, 0.1) is 20.7 Å². The van der Waals surface area contributed by atoms with Crippen LogP contribution in [0, 0.1) is 19.8 Å². The summed E-state index contributed by atoms with van der Waals surface area (Å²) in [5, 5.41) is 6.59. The highest BCUT2D eigenvalue weighted by Gasteiger charge is 2.37. The lowest BCUT2D eigenvalue weighted by Gasteiger charge is -2.20. The van der Waals surface area contributed by atoms with E-state index in [0.717, 1.165) is 16.3 Å². The maximum atomic E-state index is 13.2. The Hall–Kier alpha value is -3.40. The van der Waals surface area contributed by atoms with E-state index in [0.29, 0.717) is 47.0 Å². The monoisotopic (exact) mass is 583 g/mol. The number of thiazole rings is 1. The number of nitrogens with zero attached hydrogens (tertiary/aromatic N) is 4. The van der Waals surface area contributed by atoms with Crippen LogP contribution in [0.2, 0.25) is 10.0 Å². The number of amides is 1. The lowest BCUT2D eigenvalue weighted by atomic mass is 9.97. The number of ether oxygens (including phenoxy) is 1. The van der Waals surface area contributed by atoms with E-state index < -0.39 is 6.09 Å². The summed E-state index contributed by atoms with van der Waals surface area (Å²) in [5.41, 5.74) is 2.11. The summed E-state index contributed by atoms with van der Waals surface area (Å²) in [5.74, 6) is 1.17. The zero-order valence-corrected chi connectivity index (χ0v) is 23.8. The van der Waals surface area contributed by atoms with Crippen LogP contribution in [0.3, 0.4) is 0 Å². The molecule has 8 nitrogen and oxygen atoms in total. The molecule has 0 bridgehead atoms. The van der Waals surface area contributed by atoms with Crippen molar-refractivity contribution in [2.24, 2.45) is 5.92 Å².